The summed E-state index contributed by atoms with van der Waals surface area (Å²) in [7, 11) is 0. The van der Waals surface area contributed by atoms with Crippen molar-refractivity contribution < 1.29 is 0 Å². The van der Waals surface area contributed by atoms with Crippen LogP contribution < -0.4 is 17.0 Å². The molecule has 0 saturated heterocycles. The predicted molar refractivity (Wildman–Crippen MR) is 70.6 cm³/mol. The second-order valence-corrected chi connectivity index (χ2v) is 4.07. The minimum absolute atomic E-state index is 0.171. The molecule has 3 N–H and O–H groups in total. The van der Waals surface area contributed by atoms with Crippen molar-refractivity contribution in [3.63, 3.8) is 0 Å². The zero-order valence-electron chi connectivity index (χ0n) is 10.1. The Labute approximate surface area is 104 Å². The maximum atomic E-state index is 11.9. The van der Waals surface area contributed by atoms with Crippen molar-refractivity contribution in [2.45, 2.75) is 19.4 Å². The Morgan fingerprint density at radius 3 is 2.50 bits per heavy atom. The molecule has 1 aromatic heterocycles. The highest BCUT2D eigenvalue weighted by atomic mass is 16.2. The smallest absolute Gasteiger partial charge is 0.330 e. The number of nitrogens with zero attached hydrogens (tertiary/aromatic N) is 1. The fourth-order valence-corrected chi connectivity index (χ4v) is 2.09. The number of hydrogen-bond acceptors (Lipinski definition) is 3. The van der Waals surface area contributed by atoms with Crippen LogP contribution in [0.4, 0.5) is 5.82 Å². The minimum Gasteiger partial charge on any atom is -0.385 e. The van der Waals surface area contributed by atoms with E-state index in [-0.39, 0.29) is 11.9 Å². The number of anilines is 1. The predicted octanol–water partition coefficient (Wildman–Crippen LogP) is 1.12. The van der Waals surface area contributed by atoms with Crippen molar-refractivity contribution in [3.05, 3.63) is 62.8 Å². The summed E-state index contributed by atoms with van der Waals surface area (Å²) < 4.78 is 1.41. The Morgan fingerprint density at radius 2 is 1.94 bits per heavy atom. The minimum atomic E-state index is -0.476. The van der Waals surface area contributed by atoms with Crippen molar-refractivity contribution in [2.24, 2.45) is 0 Å². The van der Waals surface area contributed by atoms with Crippen LogP contribution in [0.1, 0.15) is 24.9 Å². The third kappa shape index (κ3) is 2.20. The van der Waals surface area contributed by atoms with Gasteiger partial charge in [-0.15, -0.1) is 0 Å². The molecule has 0 radical (unpaired) electrons. The zero-order valence-corrected chi connectivity index (χ0v) is 10.1. The first-order valence-electron chi connectivity index (χ1n) is 5.79. The summed E-state index contributed by atoms with van der Waals surface area (Å²) in [5, 5.41) is 0. The van der Waals surface area contributed by atoms with Crippen LogP contribution in [0.15, 0.2) is 46.0 Å². The molecule has 18 heavy (non-hydrogen) atoms. The topological polar surface area (TPSA) is 80.9 Å². The lowest BCUT2D eigenvalue weighted by Crippen LogP contribution is -2.34. The molecule has 0 aliphatic heterocycles. The summed E-state index contributed by atoms with van der Waals surface area (Å²) in [6, 6.07) is 10.7. The first kappa shape index (κ1) is 12.2. The monoisotopic (exact) mass is 245 g/mol. The molecular formula is C13H15N3O2. The van der Waals surface area contributed by atoms with E-state index in [1.54, 1.807) is 0 Å². The van der Waals surface area contributed by atoms with E-state index in [2.05, 4.69) is 4.98 Å². The van der Waals surface area contributed by atoms with Crippen molar-refractivity contribution in [2.75, 3.05) is 5.73 Å². The van der Waals surface area contributed by atoms with Gasteiger partial charge >= 0.3 is 5.69 Å². The number of nitrogens with two attached hydrogens (primary N) is 1. The van der Waals surface area contributed by atoms with Gasteiger partial charge in [-0.05, 0) is 12.0 Å². The fraction of sp³-hybridized carbons (Fsp3) is 0.231. The summed E-state index contributed by atoms with van der Waals surface area (Å²) >= 11 is 0. The Morgan fingerprint density at radius 1 is 1.28 bits per heavy atom. The molecule has 5 heteroatoms. The number of aromatic nitrogens is 2. The number of nitrogens with one attached hydrogen (secondary N) is 1. The van der Waals surface area contributed by atoms with E-state index in [1.165, 1.54) is 10.6 Å². The summed E-state index contributed by atoms with van der Waals surface area (Å²) in [5.74, 6) is 0.180. The Balaban J connectivity index is 2.60. The largest absolute Gasteiger partial charge is 0.385 e. The van der Waals surface area contributed by atoms with E-state index < -0.39 is 11.2 Å². The van der Waals surface area contributed by atoms with Crippen molar-refractivity contribution >= 4 is 5.82 Å². The number of nitrogen functional groups attached to an aromatic ring is 1. The van der Waals surface area contributed by atoms with Crippen LogP contribution in [0.25, 0.3) is 0 Å². The van der Waals surface area contributed by atoms with E-state index in [1.807, 2.05) is 37.3 Å². The number of H-pyrrole nitrogens is 1. The van der Waals surface area contributed by atoms with Crippen LogP contribution in [0.2, 0.25) is 0 Å². The normalized spacial score (nSPS) is 12.3. The van der Waals surface area contributed by atoms with Gasteiger partial charge in [0.25, 0.3) is 5.56 Å². The van der Waals surface area contributed by atoms with Crippen LogP contribution in [0, 0.1) is 0 Å². The van der Waals surface area contributed by atoms with E-state index in [4.69, 9.17) is 5.73 Å². The molecule has 1 heterocycles. The molecule has 1 aromatic carbocycles. The zero-order chi connectivity index (χ0) is 13.1. The van der Waals surface area contributed by atoms with Gasteiger partial charge in [-0.2, -0.15) is 0 Å². The lowest BCUT2D eigenvalue weighted by molar-refractivity contribution is 0.542. The van der Waals surface area contributed by atoms with Crippen LogP contribution in [-0.2, 0) is 0 Å². The maximum Gasteiger partial charge on any atom is 0.330 e. The van der Waals surface area contributed by atoms with Crippen LogP contribution in [-0.4, -0.2) is 9.55 Å². The Bertz CT molecular complexity index is 643. The first-order valence-corrected chi connectivity index (χ1v) is 5.79. The fourth-order valence-electron chi connectivity index (χ4n) is 2.09. The highest BCUT2D eigenvalue weighted by Gasteiger charge is 2.15. The number of hydrogen-bond donors (Lipinski definition) is 2. The van der Waals surface area contributed by atoms with E-state index in [9.17, 15) is 9.59 Å². The molecule has 0 aliphatic carbocycles. The summed E-state index contributed by atoms with van der Waals surface area (Å²) in [4.78, 5) is 25.3. The molecule has 94 valence electrons. The molecule has 0 aliphatic rings. The maximum absolute atomic E-state index is 11.9. The molecule has 1 unspecified atom stereocenters. The van der Waals surface area contributed by atoms with Crippen molar-refractivity contribution in [1.29, 1.82) is 0 Å². The van der Waals surface area contributed by atoms with E-state index in [0.29, 0.717) is 6.42 Å². The van der Waals surface area contributed by atoms with Gasteiger partial charge < -0.3 is 5.73 Å². The highest BCUT2D eigenvalue weighted by molar-refractivity contribution is 5.30. The van der Waals surface area contributed by atoms with Crippen LogP contribution >= 0.6 is 0 Å². The van der Waals surface area contributed by atoms with E-state index in [0.717, 1.165) is 5.56 Å². The highest BCUT2D eigenvalue weighted by Crippen LogP contribution is 2.21. The summed E-state index contributed by atoms with van der Waals surface area (Å²) in [6.45, 7) is 1.97. The molecule has 2 rings (SSSR count). The molecule has 1 atom stereocenters. The summed E-state index contributed by atoms with van der Waals surface area (Å²) in [5.41, 5.74) is 5.81. The lowest BCUT2D eigenvalue weighted by atomic mass is 10.0. The van der Waals surface area contributed by atoms with Gasteiger partial charge in [-0.25, -0.2) is 4.79 Å². The molecule has 0 bridgehead atoms. The average molecular weight is 245 g/mol. The number of aromatic amines is 1. The second-order valence-electron chi connectivity index (χ2n) is 4.07. The SMILES string of the molecule is CCC(c1ccccc1)n1c(N)cc(=O)[nH]c1=O. The third-order valence-electron chi connectivity index (χ3n) is 2.89. The van der Waals surface area contributed by atoms with Gasteiger partial charge in [0, 0.05) is 6.07 Å². The van der Waals surface area contributed by atoms with Crippen LogP contribution in [0.5, 0.6) is 0 Å². The summed E-state index contributed by atoms with van der Waals surface area (Å²) in [6.07, 6.45) is 0.708. The van der Waals surface area contributed by atoms with Gasteiger partial charge in [-0.1, -0.05) is 37.3 Å². The number of benzene rings is 1. The third-order valence-corrected chi connectivity index (χ3v) is 2.89. The molecule has 0 spiro atoms. The van der Waals surface area contributed by atoms with Gasteiger partial charge in [0.2, 0.25) is 0 Å². The molecule has 0 saturated carbocycles. The Kier molecular flexibility index (Phi) is 3.32. The van der Waals surface area contributed by atoms with Gasteiger partial charge in [0.05, 0.1) is 6.04 Å². The first-order chi connectivity index (χ1) is 8.63. The standard InChI is InChI=1S/C13H15N3O2/c1-2-10(9-6-4-3-5-7-9)16-11(14)8-12(17)15-13(16)18/h3-8,10H,2,14H2,1H3,(H,15,17,18). The van der Waals surface area contributed by atoms with Gasteiger partial charge in [0.15, 0.2) is 0 Å². The Hall–Kier alpha value is -2.30. The molecule has 2 aromatic rings. The van der Waals surface area contributed by atoms with Crippen molar-refractivity contribution in [1.82, 2.24) is 9.55 Å². The van der Waals surface area contributed by atoms with Gasteiger partial charge in [0.1, 0.15) is 5.82 Å². The van der Waals surface area contributed by atoms with E-state index >= 15 is 0 Å². The quantitative estimate of drug-likeness (QED) is 0.850. The average Bonchev–Trinajstić information content (AvgIpc) is 2.34. The van der Waals surface area contributed by atoms with Crippen molar-refractivity contribution in [3.8, 4) is 0 Å². The molecule has 0 fully saturated rings. The van der Waals surface area contributed by atoms with Gasteiger partial charge in [-0.3, -0.25) is 14.3 Å². The molecular weight excluding hydrogens is 230 g/mol. The number of rotatable bonds is 3. The second kappa shape index (κ2) is 4.91. The molecule has 5 nitrogen and oxygen atoms in total. The lowest BCUT2D eigenvalue weighted by Gasteiger charge is -2.20. The molecule has 0 amide bonds. The van der Waals surface area contributed by atoms with Crippen LogP contribution in [0.3, 0.4) is 0 Å².